The highest BCUT2D eigenvalue weighted by Gasteiger charge is 2.18. The lowest BCUT2D eigenvalue weighted by atomic mass is 10.1. The molecule has 0 aliphatic carbocycles. The van der Waals surface area contributed by atoms with E-state index < -0.39 is 0 Å². The Morgan fingerprint density at radius 2 is 2.20 bits per heavy atom. The average Bonchev–Trinajstić information content (AvgIpc) is 3.05. The van der Waals surface area contributed by atoms with Crippen molar-refractivity contribution in [2.24, 2.45) is 0 Å². The maximum Gasteiger partial charge on any atom is 0.129 e. The fraction of sp³-hybridized carbons (Fsp3) is 0.400. The predicted octanol–water partition coefficient (Wildman–Crippen LogP) is 3.95. The Bertz CT molecular complexity index is 756. The van der Waals surface area contributed by atoms with E-state index >= 15 is 0 Å². The van der Waals surface area contributed by atoms with Crippen molar-refractivity contribution < 1.29 is 4.74 Å². The molecule has 0 spiro atoms. The van der Waals surface area contributed by atoms with Crippen molar-refractivity contribution in [2.45, 2.75) is 25.9 Å². The molecular formula is C15H16N2OS2. The van der Waals surface area contributed by atoms with E-state index in [0.29, 0.717) is 6.10 Å². The fourth-order valence-corrected chi connectivity index (χ4v) is 4.61. The zero-order valence-corrected chi connectivity index (χ0v) is 12.9. The Balaban J connectivity index is 1.81. The molecule has 1 aliphatic heterocycles. The average molecular weight is 304 g/mol. The number of thiazole rings is 1. The van der Waals surface area contributed by atoms with Gasteiger partial charge in [0.05, 0.1) is 19.9 Å². The molecule has 0 atom stereocenters. The van der Waals surface area contributed by atoms with E-state index in [1.807, 2.05) is 0 Å². The van der Waals surface area contributed by atoms with Gasteiger partial charge in [0.1, 0.15) is 11.9 Å². The van der Waals surface area contributed by atoms with Gasteiger partial charge in [-0.3, -0.25) is 0 Å². The number of thiophene rings is 1. The maximum absolute atomic E-state index is 6.29. The van der Waals surface area contributed by atoms with E-state index in [9.17, 15) is 0 Å². The number of hydrogen-bond donors (Lipinski definition) is 1. The molecule has 20 heavy (non-hydrogen) atoms. The lowest BCUT2D eigenvalue weighted by Crippen LogP contribution is -2.34. The number of fused-ring (bicyclic) bond motifs is 3. The number of rotatable bonds is 2. The van der Waals surface area contributed by atoms with E-state index in [0.717, 1.165) is 42.2 Å². The number of ether oxygens (including phenoxy) is 1. The molecule has 1 aliphatic rings. The minimum atomic E-state index is 0.339. The van der Waals surface area contributed by atoms with Crippen LogP contribution in [0.25, 0.3) is 20.3 Å². The molecule has 0 radical (unpaired) electrons. The second-order valence-corrected chi connectivity index (χ2v) is 7.34. The summed E-state index contributed by atoms with van der Waals surface area (Å²) in [4.78, 5) is 4.66. The molecule has 1 N–H and O–H groups in total. The summed E-state index contributed by atoms with van der Waals surface area (Å²) >= 11 is 3.51. The predicted molar refractivity (Wildman–Crippen MR) is 86.3 cm³/mol. The number of nitrogens with one attached hydrogen (secondary N) is 1. The molecule has 0 amide bonds. The summed E-state index contributed by atoms with van der Waals surface area (Å²) in [6, 6.07) is 4.33. The normalized spacial score (nSPS) is 17.1. The second-order valence-electron chi connectivity index (χ2n) is 5.18. The first kappa shape index (κ1) is 12.6. The minimum absolute atomic E-state index is 0.339. The van der Waals surface area contributed by atoms with Crippen molar-refractivity contribution in [1.82, 2.24) is 10.3 Å². The SMILES string of the molecule is Cc1nc2c(cc(OC3CCNCC3)c3ccsc32)s1. The van der Waals surface area contributed by atoms with Crippen LogP contribution in [-0.4, -0.2) is 24.2 Å². The highest BCUT2D eigenvalue weighted by atomic mass is 32.1. The van der Waals surface area contributed by atoms with E-state index in [1.54, 1.807) is 22.7 Å². The smallest absolute Gasteiger partial charge is 0.129 e. The van der Waals surface area contributed by atoms with Gasteiger partial charge in [0.15, 0.2) is 0 Å². The quantitative estimate of drug-likeness (QED) is 0.778. The zero-order chi connectivity index (χ0) is 13.5. The minimum Gasteiger partial charge on any atom is -0.490 e. The number of piperidine rings is 1. The Hall–Kier alpha value is -1.17. The molecule has 4 rings (SSSR count). The molecule has 1 aromatic carbocycles. The molecule has 1 fully saturated rings. The van der Waals surface area contributed by atoms with Crippen LogP contribution in [0, 0.1) is 6.92 Å². The van der Waals surface area contributed by atoms with Crippen LogP contribution in [-0.2, 0) is 0 Å². The van der Waals surface area contributed by atoms with Crippen LogP contribution < -0.4 is 10.1 Å². The molecule has 3 nitrogen and oxygen atoms in total. The highest BCUT2D eigenvalue weighted by molar-refractivity contribution is 7.21. The van der Waals surface area contributed by atoms with Gasteiger partial charge in [-0.25, -0.2) is 4.98 Å². The highest BCUT2D eigenvalue weighted by Crippen LogP contribution is 2.39. The van der Waals surface area contributed by atoms with Crippen LogP contribution in [0.2, 0.25) is 0 Å². The van der Waals surface area contributed by atoms with Crippen LogP contribution in [0.3, 0.4) is 0 Å². The van der Waals surface area contributed by atoms with Gasteiger partial charge in [0.2, 0.25) is 0 Å². The van der Waals surface area contributed by atoms with Crippen molar-refractivity contribution in [3.8, 4) is 5.75 Å². The Morgan fingerprint density at radius 1 is 1.35 bits per heavy atom. The number of nitrogens with zero attached hydrogens (tertiary/aromatic N) is 1. The molecule has 5 heteroatoms. The van der Waals surface area contributed by atoms with Gasteiger partial charge in [0, 0.05) is 11.5 Å². The van der Waals surface area contributed by atoms with Crippen LogP contribution in [0.5, 0.6) is 5.75 Å². The van der Waals surface area contributed by atoms with Gasteiger partial charge in [-0.1, -0.05) is 0 Å². The summed E-state index contributed by atoms with van der Waals surface area (Å²) in [5.74, 6) is 1.03. The molecule has 2 aromatic heterocycles. The van der Waals surface area contributed by atoms with E-state index in [-0.39, 0.29) is 0 Å². The molecule has 0 saturated carbocycles. The van der Waals surface area contributed by atoms with Crippen LogP contribution in [0.15, 0.2) is 17.5 Å². The first-order valence-corrected chi connectivity index (χ1v) is 8.65. The summed E-state index contributed by atoms with van der Waals surface area (Å²) < 4.78 is 8.79. The van der Waals surface area contributed by atoms with Crippen LogP contribution in [0.4, 0.5) is 0 Å². The van der Waals surface area contributed by atoms with Gasteiger partial charge < -0.3 is 10.1 Å². The monoisotopic (exact) mass is 304 g/mol. The standard InChI is InChI=1S/C15H16N2OS2/c1-9-17-14-13(20-9)8-12(11-4-7-19-15(11)14)18-10-2-5-16-6-3-10/h4,7-8,10,16H,2-3,5-6H2,1H3. The lowest BCUT2D eigenvalue weighted by molar-refractivity contribution is 0.165. The maximum atomic E-state index is 6.29. The Kier molecular flexibility index (Phi) is 3.13. The first-order valence-electron chi connectivity index (χ1n) is 6.96. The van der Waals surface area contributed by atoms with Gasteiger partial charge in [-0.15, -0.1) is 22.7 Å². The first-order chi connectivity index (χ1) is 9.81. The van der Waals surface area contributed by atoms with Crippen molar-refractivity contribution in [1.29, 1.82) is 0 Å². The van der Waals surface area contributed by atoms with Gasteiger partial charge in [-0.05, 0) is 44.3 Å². The summed E-state index contributed by atoms with van der Waals surface area (Å²) in [7, 11) is 0. The van der Waals surface area contributed by atoms with Gasteiger partial charge in [0.25, 0.3) is 0 Å². The second kappa shape index (κ2) is 4.98. The number of benzene rings is 1. The largest absolute Gasteiger partial charge is 0.490 e. The van der Waals surface area contributed by atoms with Crippen molar-refractivity contribution in [3.05, 3.63) is 22.5 Å². The van der Waals surface area contributed by atoms with E-state index in [2.05, 4.69) is 34.7 Å². The van der Waals surface area contributed by atoms with E-state index in [4.69, 9.17) is 4.74 Å². The molecule has 3 aromatic rings. The third kappa shape index (κ3) is 2.10. The molecule has 0 unspecified atom stereocenters. The van der Waals surface area contributed by atoms with Crippen LogP contribution >= 0.6 is 22.7 Å². The summed E-state index contributed by atoms with van der Waals surface area (Å²) in [5, 5.41) is 7.85. The number of aryl methyl sites for hydroxylation is 1. The van der Waals surface area contributed by atoms with Crippen molar-refractivity contribution >= 4 is 43.0 Å². The topological polar surface area (TPSA) is 34.1 Å². The molecule has 3 heterocycles. The molecular weight excluding hydrogens is 288 g/mol. The Morgan fingerprint density at radius 3 is 3.05 bits per heavy atom. The third-order valence-corrected chi connectivity index (χ3v) is 5.59. The van der Waals surface area contributed by atoms with Gasteiger partial charge >= 0.3 is 0 Å². The van der Waals surface area contributed by atoms with Crippen molar-refractivity contribution in [3.63, 3.8) is 0 Å². The molecule has 104 valence electrons. The van der Waals surface area contributed by atoms with Crippen molar-refractivity contribution in [2.75, 3.05) is 13.1 Å². The summed E-state index contributed by atoms with van der Waals surface area (Å²) in [6.07, 6.45) is 2.52. The van der Waals surface area contributed by atoms with Crippen LogP contribution in [0.1, 0.15) is 17.8 Å². The number of hydrogen-bond acceptors (Lipinski definition) is 5. The summed E-state index contributed by atoms with van der Waals surface area (Å²) in [5.41, 5.74) is 1.13. The lowest BCUT2D eigenvalue weighted by Gasteiger charge is -2.24. The summed E-state index contributed by atoms with van der Waals surface area (Å²) in [6.45, 7) is 4.18. The van der Waals surface area contributed by atoms with E-state index in [1.165, 1.54) is 14.8 Å². The third-order valence-electron chi connectivity index (χ3n) is 3.75. The Labute approximate surface area is 125 Å². The zero-order valence-electron chi connectivity index (χ0n) is 11.3. The van der Waals surface area contributed by atoms with Gasteiger partial charge in [-0.2, -0.15) is 0 Å². The number of aromatic nitrogens is 1. The fourth-order valence-electron chi connectivity index (χ4n) is 2.78. The molecule has 1 saturated heterocycles. The molecule has 0 bridgehead atoms.